The number of halogens is 2. The summed E-state index contributed by atoms with van der Waals surface area (Å²) in [6.45, 7) is 0.400. The Kier molecular flexibility index (Phi) is 4.18. The smallest absolute Gasteiger partial charge is 0.123 e. The lowest BCUT2D eigenvalue weighted by Gasteiger charge is -2.11. The number of nitrogens with zero attached hydrogens (tertiary/aromatic N) is 1. The van der Waals surface area contributed by atoms with E-state index in [1.807, 2.05) is 36.4 Å². The Balaban J connectivity index is 2.19. The lowest BCUT2D eigenvalue weighted by atomic mass is 9.98. The highest BCUT2D eigenvalue weighted by Gasteiger charge is 2.11. The summed E-state index contributed by atoms with van der Waals surface area (Å²) in [5.74, 6) is -0.288. The van der Waals surface area contributed by atoms with E-state index in [-0.39, 0.29) is 5.82 Å². The monoisotopic (exact) mass is 312 g/mol. The summed E-state index contributed by atoms with van der Waals surface area (Å²) in [6.07, 6.45) is 1.72. The molecule has 2 N–H and O–H groups in total. The number of aromatic nitrogens is 1. The van der Waals surface area contributed by atoms with Crippen molar-refractivity contribution in [1.29, 1.82) is 0 Å². The van der Waals surface area contributed by atoms with Crippen molar-refractivity contribution in [3.8, 4) is 22.4 Å². The fraction of sp³-hybridized carbons (Fsp3) is 0.0556. The quantitative estimate of drug-likeness (QED) is 0.763. The van der Waals surface area contributed by atoms with E-state index in [2.05, 4.69) is 4.98 Å². The molecule has 0 aliphatic heterocycles. The molecule has 1 heterocycles. The van der Waals surface area contributed by atoms with E-state index >= 15 is 0 Å². The molecule has 0 amide bonds. The normalized spacial score (nSPS) is 10.7. The second-order valence-corrected chi connectivity index (χ2v) is 5.40. The van der Waals surface area contributed by atoms with E-state index in [0.717, 1.165) is 27.9 Å². The Morgan fingerprint density at radius 1 is 1.00 bits per heavy atom. The molecule has 3 aromatic rings. The molecule has 2 nitrogen and oxygen atoms in total. The van der Waals surface area contributed by atoms with Crippen LogP contribution in [0.5, 0.6) is 0 Å². The first-order chi connectivity index (χ1) is 10.7. The summed E-state index contributed by atoms with van der Waals surface area (Å²) < 4.78 is 13.5. The Hall–Kier alpha value is -2.23. The predicted molar refractivity (Wildman–Crippen MR) is 88.0 cm³/mol. The number of hydrogen-bond acceptors (Lipinski definition) is 2. The zero-order valence-corrected chi connectivity index (χ0v) is 12.5. The number of pyridine rings is 1. The van der Waals surface area contributed by atoms with E-state index in [1.54, 1.807) is 12.3 Å². The lowest BCUT2D eigenvalue weighted by molar-refractivity contribution is 0.628. The topological polar surface area (TPSA) is 38.9 Å². The Morgan fingerprint density at radius 2 is 1.77 bits per heavy atom. The first kappa shape index (κ1) is 14.7. The van der Waals surface area contributed by atoms with Gasteiger partial charge in [0.2, 0.25) is 0 Å². The van der Waals surface area contributed by atoms with Gasteiger partial charge in [-0.05, 0) is 41.5 Å². The maximum Gasteiger partial charge on any atom is 0.123 e. The van der Waals surface area contributed by atoms with E-state index < -0.39 is 0 Å². The first-order valence-electron chi connectivity index (χ1n) is 6.88. The molecule has 0 saturated heterocycles. The Labute approximate surface area is 133 Å². The van der Waals surface area contributed by atoms with Crippen LogP contribution in [-0.4, -0.2) is 4.98 Å². The summed E-state index contributed by atoms with van der Waals surface area (Å²) in [6, 6.07) is 15.9. The van der Waals surface area contributed by atoms with Gasteiger partial charge in [-0.25, -0.2) is 4.39 Å². The third-order valence-corrected chi connectivity index (χ3v) is 3.69. The van der Waals surface area contributed by atoms with Crippen molar-refractivity contribution in [1.82, 2.24) is 4.98 Å². The van der Waals surface area contributed by atoms with Gasteiger partial charge >= 0.3 is 0 Å². The summed E-state index contributed by atoms with van der Waals surface area (Å²) >= 11 is 5.95. The molecule has 0 aliphatic rings. The van der Waals surface area contributed by atoms with Crippen molar-refractivity contribution >= 4 is 11.6 Å². The molecule has 0 spiro atoms. The molecule has 0 aliphatic carbocycles. The second kappa shape index (κ2) is 6.26. The van der Waals surface area contributed by atoms with Gasteiger partial charge in [0.15, 0.2) is 0 Å². The third kappa shape index (κ3) is 3.01. The van der Waals surface area contributed by atoms with Crippen molar-refractivity contribution in [2.24, 2.45) is 5.73 Å². The summed E-state index contributed by atoms with van der Waals surface area (Å²) in [5.41, 5.74) is 9.96. The SMILES string of the molecule is NCc1cnc(-c2cccc(F)c2)c(-c2ccc(Cl)cc2)c1. The van der Waals surface area contributed by atoms with Crippen LogP contribution in [0.3, 0.4) is 0 Å². The molecular weight excluding hydrogens is 299 g/mol. The third-order valence-electron chi connectivity index (χ3n) is 3.43. The maximum absolute atomic E-state index is 13.5. The van der Waals surface area contributed by atoms with Gasteiger partial charge in [0, 0.05) is 28.9 Å². The van der Waals surface area contributed by atoms with E-state index in [9.17, 15) is 4.39 Å². The fourth-order valence-corrected chi connectivity index (χ4v) is 2.46. The largest absolute Gasteiger partial charge is 0.326 e. The molecule has 0 unspecified atom stereocenters. The zero-order valence-electron chi connectivity index (χ0n) is 11.8. The molecule has 0 radical (unpaired) electrons. The molecule has 1 aromatic heterocycles. The minimum atomic E-state index is -0.288. The molecule has 22 heavy (non-hydrogen) atoms. The minimum absolute atomic E-state index is 0.288. The number of hydrogen-bond donors (Lipinski definition) is 1. The van der Waals surface area contributed by atoms with Crippen LogP contribution in [0.2, 0.25) is 5.02 Å². The van der Waals surface area contributed by atoms with Crippen LogP contribution in [0, 0.1) is 5.82 Å². The summed E-state index contributed by atoms with van der Waals surface area (Å²) in [4.78, 5) is 4.48. The van der Waals surface area contributed by atoms with Crippen LogP contribution < -0.4 is 5.73 Å². The fourth-order valence-electron chi connectivity index (χ4n) is 2.33. The zero-order chi connectivity index (χ0) is 15.5. The minimum Gasteiger partial charge on any atom is -0.326 e. The second-order valence-electron chi connectivity index (χ2n) is 4.96. The van der Waals surface area contributed by atoms with Gasteiger partial charge in [-0.2, -0.15) is 0 Å². The van der Waals surface area contributed by atoms with Crippen molar-refractivity contribution in [3.63, 3.8) is 0 Å². The van der Waals surface area contributed by atoms with Crippen LogP contribution in [-0.2, 0) is 6.54 Å². The van der Waals surface area contributed by atoms with Gasteiger partial charge in [0.25, 0.3) is 0 Å². The summed E-state index contributed by atoms with van der Waals surface area (Å²) in [5, 5.41) is 0.666. The molecule has 2 aromatic carbocycles. The van der Waals surface area contributed by atoms with Gasteiger partial charge in [0.05, 0.1) is 5.69 Å². The van der Waals surface area contributed by atoms with Gasteiger partial charge in [-0.3, -0.25) is 4.98 Å². The van der Waals surface area contributed by atoms with Crippen LogP contribution in [0.4, 0.5) is 4.39 Å². The molecule has 110 valence electrons. The number of rotatable bonds is 3. The molecule has 0 fully saturated rings. The van der Waals surface area contributed by atoms with Crippen LogP contribution in [0.15, 0.2) is 60.8 Å². The average Bonchev–Trinajstić information content (AvgIpc) is 2.55. The van der Waals surface area contributed by atoms with Crippen molar-refractivity contribution < 1.29 is 4.39 Å². The van der Waals surface area contributed by atoms with Crippen molar-refractivity contribution in [2.75, 3.05) is 0 Å². The van der Waals surface area contributed by atoms with E-state index in [1.165, 1.54) is 12.1 Å². The molecule has 0 atom stereocenters. The van der Waals surface area contributed by atoms with E-state index in [4.69, 9.17) is 17.3 Å². The van der Waals surface area contributed by atoms with E-state index in [0.29, 0.717) is 11.6 Å². The highest BCUT2D eigenvalue weighted by Crippen LogP contribution is 2.32. The number of nitrogens with two attached hydrogens (primary N) is 1. The molecule has 0 saturated carbocycles. The van der Waals surface area contributed by atoms with Gasteiger partial charge in [-0.15, -0.1) is 0 Å². The Bertz CT molecular complexity index is 800. The lowest BCUT2D eigenvalue weighted by Crippen LogP contribution is -1.99. The summed E-state index contributed by atoms with van der Waals surface area (Å²) in [7, 11) is 0. The maximum atomic E-state index is 13.5. The number of benzene rings is 2. The van der Waals surface area contributed by atoms with Gasteiger partial charge in [-0.1, -0.05) is 35.9 Å². The van der Waals surface area contributed by atoms with Crippen LogP contribution in [0.25, 0.3) is 22.4 Å². The first-order valence-corrected chi connectivity index (χ1v) is 7.26. The molecule has 4 heteroatoms. The van der Waals surface area contributed by atoms with Gasteiger partial charge in [0.1, 0.15) is 5.82 Å². The Morgan fingerprint density at radius 3 is 2.45 bits per heavy atom. The van der Waals surface area contributed by atoms with Crippen LogP contribution >= 0.6 is 11.6 Å². The predicted octanol–water partition coefficient (Wildman–Crippen LogP) is 4.67. The molecule has 0 bridgehead atoms. The van der Waals surface area contributed by atoms with Crippen molar-refractivity contribution in [2.45, 2.75) is 6.54 Å². The highest BCUT2D eigenvalue weighted by molar-refractivity contribution is 6.30. The molecule has 3 rings (SSSR count). The molecular formula is C18H14ClFN2. The highest BCUT2D eigenvalue weighted by atomic mass is 35.5. The van der Waals surface area contributed by atoms with Gasteiger partial charge < -0.3 is 5.73 Å². The van der Waals surface area contributed by atoms with Crippen LogP contribution in [0.1, 0.15) is 5.56 Å². The standard InChI is InChI=1S/C18H14ClFN2/c19-15-6-4-13(5-7-15)17-8-12(10-21)11-22-18(17)14-2-1-3-16(20)9-14/h1-9,11H,10,21H2. The average molecular weight is 313 g/mol. The van der Waals surface area contributed by atoms with Crippen molar-refractivity contribution in [3.05, 3.63) is 77.2 Å².